The molecule has 1 aliphatic heterocycles. The molecule has 1 aromatic carbocycles. The number of carbonyl (C=O) groups is 1. The minimum atomic E-state index is -0.941. The first-order valence-corrected chi connectivity index (χ1v) is 12.4. The lowest BCUT2D eigenvalue weighted by Gasteiger charge is -2.30. The number of fused-ring (bicyclic) bond motifs is 1. The van der Waals surface area contributed by atoms with E-state index in [4.69, 9.17) is 9.84 Å². The Kier molecular flexibility index (Phi) is 7.10. The average molecular weight is 481 g/mol. The Bertz CT molecular complexity index is 1150. The van der Waals surface area contributed by atoms with Crippen LogP contribution >= 0.6 is 0 Å². The maximum atomic E-state index is 12.7. The Hall–Kier alpha value is -3.24. The Balaban J connectivity index is 1.24. The maximum absolute atomic E-state index is 12.7. The molecule has 2 aromatic heterocycles. The van der Waals surface area contributed by atoms with Gasteiger partial charge in [0.05, 0.1) is 23.7 Å². The van der Waals surface area contributed by atoms with Gasteiger partial charge in [0.15, 0.2) is 5.82 Å². The first kappa shape index (κ1) is 23.5. The number of nitrogens with one attached hydrogen (secondary N) is 1. The Morgan fingerprint density at radius 3 is 2.74 bits per heavy atom. The van der Waals surface area contributed by atoms with Crippen molar-refractivity contribution in [2.45, 2.75) is 50.7 Å². The van der Waals surface area contributed by atoms with E-state index in [1.807, 2.05) is 17.0 Å². The number of likely N-dealkylation sites (tertiary alicyclic amines) is 1. The van der Waals surface area contributed by atoms with E-state index >= 15 is 0 Å². The van der Waals surface area contributed by atoms with Crippen molar-refractivity contribution >= 4 is 22.8 Å². The van der Waals surface area contributed by atoms with Crippen LogP contribution in [0.2, 0.25) is 0 Å². The average Bonchev–Trinajstić information content (AvgIpc) is 3.58. The minimum absolute atomic E-state index is 0.00571. The number of carbonyl (C=O) groups excluding carboxylic acids is 1. The summed E-state index contributed by atoms with van der Waals surface area (Å²) in [6, 6.07) is 7.61. The summed E-state index contributed by atoms with van der Waals surface area (Å²) in [7, 11) is 0. The van der Waals surface area contributed by atoms with Gasteiger partial charge in [-0.3, -0.25) is 4.79 Å². The van der Waals surface area contributed by atoms with Crippen molar-refractivity contribution in [3.63, 3.8) is 0 Å². The van der Waals surface area contributed by atoms with E-state index in [0.29, 0.717) is 23.4 Å². The third-order valence-electron chi connectivity index (χ3n) is 6.90. The van der Waals surface area contributed by atoms with Crippen LogP contribution in [0.15, 0.2) is 36.7 Å². The molecule has 1 saturated carbocycles. The second-order valence-electron chi connectivity index (χ2n) is 9.36. The topological polar surface area (TPSA) is 126 Å². The third-order valence-corrected chi connectivity index (χ3v) is 6.90. The highest BCUT2D eigenvalue weighted by atomic mass is 16.5. The second-order valence-corrected chi connectivity index (χ2v) is 9.36. The molecule has 3 heterocycles. The van der Waals surface area contributed by atoms with E-state index < -0.39 is 6.10 Å². The predicted molar refractivity (Wildman–Crippen MR) is 130 cm³/mol. The van der Waals surface area contributed by atoms with Crippen LogP contribution in [0.1, 0.15) is 38.5 Å². The SMILES string of the molecule is O=C(C1CCC(Nc2nccc(-n3ncc4c(OCC(O)CO)cccc43)n2)CC1)N1CCCC1. The smallest absolute Gasteiger partial charge is 0.225 e. The number of benzene rings is 1. The van der Waals surface area contributed by atoms with Crippen LogP contribution in [-0.4, -0.2) is 79.2 Å². The molecule has 1 saturated heterocycles. The summed E-state index contributed by atoms with van der Waals surface area (Å²) in [5, 5.41) is 27.3. The van der Waals surface area contributed by atoms with Crippen molar-refractivity contribution in [2.75, 3.05) is 31.6 Å². The number of anilines is 1. The molecule has 2 aliphatic rings. The highest BCUT2D eigenvalue weighted by Gasteiger charge is 2.30. The number of amides is 1. The zero-order valence-electron chi connectivity index (χ0n) is 19.7. The molecule has 1 amide bonds. The number of aliphatic hydroxyl groups excluding tert-OH is 2. The molecule has 1 atom stereocenters. The van der Waals surface area contributed by atoms with E-state index in [-0.39, 0.29) is 25.2 Å². The molecule has 1 aliphatic carbocycles. The van der Waals surface area contributed by atoms with Crippen LogP contribution in [0.25, 0.3) is 16.7 Å². The van der Waals surface area contributed by atoms with Gasteiger partial charge in [-0.05, 0) is 50.7 Å². The zero-order chi connectivity index (χ0) is 24.2. The second kappa shape index (κ2) is 10.6. The van der Waals surface area contributed by atoms with Crippen molar-refractivity contribution < 1.29 is 19.7 Å². The summed E-state index contributed by atoms with van der Waals surface area (Å²) in [5.41, 5.74) is 0.812. The van der Waals surface area contributed by atoms with Gasteiger partial charge in [0, 0.05) is 37.3 Å². The fourth-order valence-corrected chi connectivity index (χ4v) is 4.97. The summed E-state index contributed by atoms with van der Waals surface area (Å²) in [6.45, 7) is 1.46. The lowest BCUT2D eigenvalue weighted by molar-refractivity contribution is -0.135. The summed E-state index contributed by atoms with van der Waals surface area (Å²) >= 11 is 0. The van der Waals surface area contributed by atoms with Gasteiger partial charge < -0.3 is 25.2 Å². The molecule has 2 fully saturated rings. The summed E-state index contributed by atoms with van der Waals surface area (Å²) in [4.78, 5) is 23.8. The number of aromatic nitrogens is 4. The maximum Gasteiger partial charge on any atom is 0.225 e. The minimum Gasteiger partial charge on any atom is -0.490 e. The Labute approximate surface area is 203 Å². The lowest BCUT2D eigenvalue weighted by atomic mass is 9.85. The van der Waals surface area contributed by atoms with Crippen LogP contribution < -0.4 is 10.1 Å². The standard InChI is InChI=1S/C25H32N6O4/c32-15-19(33)16-35-22-5-3-4-21-20(22)14-27-31(21)23-10-11-26-25(29-23)28-18-8-6-17(7-9-18)24(34)30-12-1-2-13-30/h3-5,10-11,14,17-19,32-33H,1-2,6-9,12-13,15-16H2,(H,26,28,29). The highest BCUT2D eigenvalue weighted by molar-refractivity contribution is 5.86. The monoisotopic (exact) mass is 480 g/mol. The molecule has 35 heavy (non-hydrogen) atoms. The van der Waals surface area contributed by atoms with Crippen molar-refractivity contribution in [3.8, 4) is 11.6 Å². The van der Waals surface area contributed by atoms with Gasteiger partial charge in [0.1, 0.15) is 18.5 Å². The first-order valence-electron chi connectivity index (χ1n) is 12.4. The Morgan fingerprint density at radius 2 is 1.97 bits per heavy atom. The van der Waals surface area contributed by atoms with Crippen molar-refractivity contribution in [1.82, 2.24) is 24.6 Å². The third kappa shape index (κ3) is 5.23. The molecule has 1 unspecified atom stereocenters. The molecule has 0 bridgehead atoms. The molecule has 10 heteroatoms. The van der Waals surface area contributed by atoms with Crippen LogP contribution in [0.3, 0.4) is 0 Å². The molecule has 10 nitrogen and oxygen atoms in total. The van der Waals surface area contributed by atoms with E-state index in [9.17, 15) is 9.90 Å². The van der Waals surface area contributed by atoms with Gasteiger partial charge in [-0.15, -0.1) is 0 Å². The first-order chi connectivity index (χ1) is 17.1. The van der Waals surface area contributed by atoms with E-state index in [1.54, 1.807) is 29.2 Å². The Morgan fingerprint density at radius 1 is 1.17 bits per heavy atom. The number of aliphatic hydroxyl groups is 2. The van der Waals surface area contributed by atoms with Gasteiger partial charge in [-0.25, -0.2) is 9.67 Å². The molecule has 186 valence electrons. The molecular formula is C25H32N6O4. The molecule has 3 N–H and O–H groups in total. The lowest BCUT2D eigenvalue weighted by Crippen LogP contribution is -2.37. The van der Waals surface area contributed by atoms with Crippen LogP contribution in [0.5, 0.6) is 5.75 Å². The van der Waals surface area contributed by atoms with E-state index in [1.165, 1.54) is 0 Å². The zero-order valence-corrected chi connectivity index (χ0v) is 19.7. The largest absolute Gasteiger partial charge is 0.490 e. The van der Waals surface area contributed by atoms with Crippen LogP contribution in [0, 0.1) is 5.92 Å². The van der Waals surface area contributed by atoms with Crippen LogP contribution in [0.4, 0.5) is 5.95 Å². The predicted octanol–water partition coefficient (Wildman–Crippen LogP) is 2.14. The quantitative estimate of drug-likeness (QED) is 0.448. The number of hydrogen-bond acceptors (Lipinski definition) is 8. The van der Waals surface area contributed by atoms with Gasteiger partial charge in [-0.2, -0.15) is 10.1 Å². The van der Waals surface area contributed by atoms with Crippen molar-refractivity contribution in [1.29, 1.82) is 0 Å². The van der Waals surface area contributed by atoms with Crippen LogP contribution in [-0.2, 0) is 4.79 Å². The van der Waals surface area contributed by atoms with Crippen molar-refractivity contribution in [2.24, 2.45) is 5.92 Å². The number of hydrogen-bond donors (Lipinski definition) is 3. The van der Waals surface area contributed by atoms with Gasteiger partial charge in [-0.1, -0.05) is 6.07 Å². The van der Waals surface area contributed by atoms with Gasteiger partial charge >= 0.3 is 0 Å². The molecule has 0 radical (unpaired) electrons. The molecule has 3 aromatic rings. The summed E-state index contributed by atoms with van der Waals surface area (Å²) in [6.07, 6.45) is 8.35. The fourth-order valence-electron chi connectivity index (χ4n) is 4.97. The van der Waals surface area contributed by atoms with Gasteiger partial charge in [0.2, 0.25) is 11.9 Å². The molecule has 5 rings (SSSR count). The summed E-state index contributed by atoms with van der Waals surface area (Å²) in [5.74, 6) is 2.22. The summed E-state index contributed by atoms with van der Waals surface area (Å²) < 4.78 is 7.39. The fraction of sp³-hybridized carbons (Fsp3) is 0.520. The number of rotatable bonds is 8. The number of ether oxygens (including phenoxy) is 1. The highest BCUT2D eigenvalue weighted by Crippen LogP contribution is 2.30. The number of nitrogens with zero attached hydrogens (tertiary/aromatic N) is 5. The van der Waals surface area contributed by atoms with E-state index in [2.05, 4.69) is 20.4 Å². The van der Waals surface area contributed by atoms with Gasteiger partial charge in [0.25, 0.3) is 0 Å². The van der Waals surface area contributed by atoms with Crippen molar-refractivity contribution in [3.05, 3.63) is 36.7 Å². The molecular weight excluding hydrogens is 448 g/mol. The normalized spacial score (nSPS) is 21.3. The van der Waals surface area contributed by atoms with E-state index in [0.717, 1.165) is 62.5 Å². The molecule has 0 spiro atoms.